The minimum atomic E-state index is -3.66. The highest BCUT2D eigenvalue weighted by atomic mass is 35.5. The SMILES string of the molecule is CCNC(=O)[C@@H](Cc1ccccc1)N(Cc1ccc(C)cc1)C(=O)CCCN(c1ccc(OC)c(Cl)c1)S(C)(=O)=O. The molecule has 0 unspecified atom stereocenters. The summed E-state index contributed by atoms with van der Waals surface area (Å²) in [5, 5.41) is 3.17. The Morgan fingerprint density at radius 2 is 1.68 bits per heavy atom. The number of hydrogen-bond donors (Lipinski definition) is 1. The highest BCUT2D eigenvalue weighted by Crippen LogP contribution is 2.30. The summed E-state index contributed by atoms with van der Waals surface area (Å²) in [6.07, 6.45) is 1.76. The van der Waals surface area contributed by atoms with Crippen LogP contribution >= 0.6 is 11.6 Å². The Hall–Kier alpha value is -3.56. The Morgan fingerprint density at radius 1 is 1.00 bits per heavy atom. The molecule has 0 aliphatic heterocycles. The van der Waals surface area contributed by atoms with Crippen molar-refractivity contribution in [1.82, 2.24) is 10.2 Å². The first-order chi connectivity index (χ1) is 19.5. The largest absolute Gasteiger partial charge is 0.495 e. The number of anilines is 1. The molecule has 0 bridgehead atoms. The number of carbonyl (C=O) groups excluding carboxylic acids is 2. The zero-order chi connectivity index (χ0) is 30.0. The maximum absolute atomic E-state index is 13.8. The van der Waals surface area contributed by atoms with Crippen molar-refractivity contribution in [3.63, 3.8) is 0 Å². The molecule has 0 saturated carbocycles. The van der Waals surface area contributed by atoms with Gasteiger partial charge in [-0.05, 0) is 49.6 Å². The number of likely N-dealkylation sites (N-methyl/N-ethyl adjacent to an activating group) is 1. The third-order valence-electron chi connectivity index (χ3n) is 6.67. The molecule has 3 aromatic carbocycles. The number of ether oxygens (including phenoxy) is 1. The molecule has 0 heterocycles. The number of halogens is 1. The summed E-state index contributed by atoms with van der Waals surface area (Å²) < 4.78 is 31.7. The molecule has 0 aliphatic carbocycles. The van der Waals surface area contributed by atoms with Crippen LogP contribution in [0.25, 0.3) is 0 Å². The molecule has 0 saturated heterocycles. The van der Waals surface area contributed by atoms with Crippen molar-refractivity contribution >= 4 is 39.1 Å². The number of aryl methyl sites for hydroxylation is 1. The van der Waals surface area contributed by atoms with Crippen molar-refractivity contribution in [2.24, 2.45) is 0 Å². The van der Waals surface area contributed by atoms with Gasteiger partial charge in [-0.15, -0.1) is 0 Å². The van der Waals surface area contributed by atoms with Gasteiger partial charge in [-0.2, -0.15) is 0 Å². The van der Waals surface area contributed by atoms with Crippen molar-refractivity contribution in [3.05, 3.63) is 94.5 Å². The minimum Gasteiger partial charge on any atom is -0.495 e. The van der Waals surface area contributed by atoms with Crippen LogP contribution < -0.4 is 14.4 Å². The van der Waals surface area contributed by atoms with E-state index in [0.29, 0.717) is 24.4 Å². The normalized spacial score (nSPS) is 11.9. The van der Waals surface area contributed by atoms with Gasteiger partial charge in [0.05, 0.1) is 24.1 Å². The van der Waals surface area contributed by atoms with E-state index in [1.165, 1.54) is 17.5 Å². The van der Waals surface area contributed by atoms with E-state index >= 15 is 0 Å². The number of hydrogen-bond acceptors (Lipinski definition) is 5. The third kappa shape index (κ3) is 9.23. The molecule has 0 aliphatic rings. The second-order valence-corrected chi connectivity index (χ2v) is 12.2. The highest BCUT2D eigenvalue weighted by molar-refractivity contribution is 7.92. The molecule has 3 aromatic rings. The van der Waals surface area contributed by atoms with E-state index in [0.717, 1.165) is 22.9 Å². The molecule has 1 atom stereocenters. The summed E-state index contributed by atoms with van der Waals surface area (Å²) in [6.45, 7) is 4.58. The van der Waals surface area contributed by atoms with Gasteiger partial charge in [0.25, 0.3) is 0 Å². The number of sulfonamides is 1. The molecule has 0 spiro atoms. The quantitative estimate of drug-likeness (QED) is 0.282. The Balaban J connectivity index is 1.86. The number of methoxy groups -OCH3 is 1. The van der Waals surface area contributed by atoms with Crippen molar-refractivity contribution in [2.75, 3.05) is 30.8 Å². The molecule has 1 N–H and O–H groups in total. The average molecular weight is 600 g/mol. The first kappa shape index (κ1) is 32.0. The Bertz CT molecular complexity index is 1420. The maximum Gasteiger partial charge on any atom is 0.243 e. The molecule has 8 nitrogen and oxygen atoms in total. The lowest BCUT2D eigenvalue weighted by atomic mass is 10.0. The zero-order valence-corrected chi connectivity index (χ0v) is 25.5. The van der Waals surface area contributed by atoms with Crippen LogP contribution in [0.3, 0.4) is 0 Å². The van der Waals surface area contributed by atoms with Crippen LogP contribution in [-0.4, -0.2) is 57.6 Å². The highest BCUT2D eigenvalue weighted by Gasteiger charge is 2.30. The van der Waals surface area contributed by atoms with Gasteiger partial charge < -0.3 is 15.0 Å². The fourth-order valence-electron chi connectivity index (χ4n) is 4.55. The number of rotatable bonds is 14. The Morgan fingerprint density at radius 3 is 2.27 bits per heavy atom. The van der Waals surface area contributed by atoms with E-state index in [-0.39, 0.29) is 42.8 Å². The van der Waals surface area contributed by atoms with Gasteiger partial charge in [0.1, 0.15) is 11.8 Å². The third-order valence-corrected chi connectivity index (χ3v) is 8.16. The fourth-order valence-corrected chi connectivity index (χ4v) is 5.76. The molecule has 3 rings (SSSR count). The molecule has 41 heavy (non-hydrogen) atoms. The lowest BCUT2D eigenvalue weighted by Gasteiger charge is -2.32. The van der Waals surface area contributed by atoms with Crippen LogP contribution in [0.1, 0.15) is 36.5 Å². The summed E-state index contributed by atoms with van der Waals surface area (Å²) in [6, 6.07) is 21.4. The molecular formula is C31H38ClN3O5S. The van der Waals surface area contributed by atoms with E-state index < -0.39 is 16.1 Å². The molecule has 10 heteroatoms. The molecule has 2 amide bonds. The lowest BCUT2D eigenvalue weighted by molar-refractivity contribution is -0.141. The number of carbonyl (C=O) groups is 2. The average Bonchev–Trinajstić information content (AvgIpc) is 2.94. The van der Waals surface area contributed by atoms with Crippen LogP contribution in [0.15, 0.2) is 72.8 Å². The first-order valence-electron chi connectivity index (χ1n) is 13.5. The van der Waals surface area contributed by atoms with Gasteiger partial charge in [-0.25, -0.2) is 8.42 Å². The number of nitrogens with zero attached hydrogens (tertiary/aromatic N) is 2. The van der Waals surface area contributed by atoms with Gasteiger partial charge in [-0.3, -0.25) is 13.9 Å². The van der Waals surface area contributed by atoms with Gasteiger partial charge in [-0.1, -0.05) is 71.8 Å². The van der Waals surface area contributed by atoms with E-state index in [2.05, 4.69) is 5.32 Å². The predicted molar refractivity (Wildman–Crippen MR) is 164 cm³/mol. The minimum absolute atomic E-state index is 0.0481. The summed E-state index contributed by atoms with van der Waals surface area (Å²) in [7, 11) is -2.18. The van der Waals surface area contributed by atoms with Gasteiger partial charge in [0, 0.05) is 32.5 Å². The van der Waals surface area contributed by atoms with E-state index in [1.54, 1.807) is 17.0 Å². The topological polar surface area (TPSA) is 96.0 Å². The molecular weight excluding hydrogens is 562 g/mol. The van der Waals surface area contributed by atoms with E-state index in [4.69, 9.17) is 16.3 Å². The summed E-state index contributed by atoms with van der Waals surface area (Å²) in [5.41, 5.74) is 3.31. The van der Waals surface area contributed by atoms with Crippen molar-refractivity contribution < 1.29 is 22.7 Å². The number of amides is 2. The van der Waals surface area contributed by atoms with E-state index in [9.17, 15) is 18.0 Å². The summed E-state index contributed by atoms with van der Waals surface area (Å²) >= 11 is 6.25. The smallest absolute Gasteiger partial charge is 0.243 e. The number of benzene rings is 3. The Labute approximate surface area is 248 Å². The van der Waals surface area contributed by atoms with Crippen molar-refractivity contribution in [3.8, 4) is 5.75 Å². The van der Waals surface area contributed by atoms with Crippen LogP contribution in [0, 0.1) is 6.92 Å². The van der Waals surface area contributed by atoms with Crippen LogP contribution in [0.2, 0.25) is 5.02 Å². The maximum atomic E-state index is 13.8. The molecule has 220 valence electrons. The Kier molecular flexibility index (Phi) is 11.6. The van der Waals surface area contributed by atoms with Crippen LogP contribution in [0.4, 0.5) is 5.69 Å². The van der Waals surface area contributed by atoms with E-state index in [1.807, 2.05) is 68.4 Å². The first-order valence-corrected chi connectivity index (χ1v) is 15.7. The zero-order valence-electron chi connectivity index (χ0n) is 24.0. The fraction of sp³-hybridized carbons (Fsp3) is 0.355. The predicted octanol–water partition coefficient (Wildman–Crippen LogP) is 4.98. The summed E-state index contributed by atoms with van der Waals surface area (Å²) in [4.78, 5) is 28.7. The summed E-state index contributed by atoms with van der Waals surface area (Å²) in [5.74, 6) is -0.0398. The van der Waals surface area contributed by atoms with Gasteiger partial charge in [0.2, 0.25) is 21.8 Å². The molecule has 0 aromatic heterocycles. The monoisotopic (exact) mass is 599 g/mol. The van der Waals surface area contributed by atoms with Crippen LogP contribution in [0.5, 0.6) is 5.75 Å². The van der Waals surface area contributed by atoms with Crippen molar-refractivity contribution in [2.45, 2.75) is 45.7 Å². The standard InChI is InChI=1S/C31H38ClN3O5S/c1-5-33-31(37)28(20-24-10-7-6-8-11-24)34(22-25-15-13-23(2)14-16-25)30(36)12-9-19-35(41(4,38)39)26-17-18-29(40-3)27(32)21-26/h6-8,10-11,13-18,21,28H,5,9,12,19-20,22H2,1-4H3,(H,33,37)/t28-/m1/s1. The van der Waals surface area contributed by atoms with Crippen LogP contribution in [-0.2, 0) is 32.6 Å². The van der Waals surface area contributed by atoms with Gasteiger partial charge in [0.15, 0.2) is 0 Å². The van der Waals surface area contributed by atoms with Crippen molar-refractivity contribution in [1.29, 1.82) is 0 Å². The second-order valence-electron chi connectivity index (χ2n) is 9.86. The molecule has 0 radical (unpaired) electrons. The second kappa shape index (κ2) is 14.9. The van der Waals surface area contributed by atoms with Gasteiger partial charge >= 0.3 is 0 Å². The molecule has 0 fully saturated rings. The lowest BCUT2D eigenvalue weighted by Crippen LogP contribution is -2.50. The number of nitrogens with one attached hydrogen (secondary N) is 1.